The largest absolute Gasteiger partial charge is 0.352 e. The molecule has 2 aliphatic carbocycles. The molecule has 2 N–H and O–H groups in total. The molecule has 3 aromatic rings. The van der Waals surface area contributed by atoms with Gasteiger partial charge in [0.25, 0.3) is 11.5 Å². The molecule has 188 valence electrons. The Morgan fingerprint density at radius 3 is 2.56 bits per heavy atom. The average Bonchev–Trinajstić information content (AvgIpc) is 3.70. The first-order valence-electron chi connectivity index (χ1n) is 12.6. The lowest BCUT2D eigenvalue weighted by molar-refractivity contribution is -0.122. The van der Waals surface area contributed by atoms with Crippen LogP contribution in [0, 0.1) is 11.3 Å². The van der Waals surface area contributed by atoms with E-state index in [4.69, 9.17) is 11.6 Å². The van der Waals surface area contributed by atoms with E-state index in [2.05, 4.69) is 29.6 Å². The van der Waals surface area contributed by atoms with Crippen LogP contribution in [0.15, 0.2) is 47.4 Å². The number of hydrogen-bond donors (Lipinski definition) is 2. The van der Waals surface area contributed by atoms with Gasteiger partial charge in [-0.05, 0) is 73.8 Å². The van der Waals surface area contributed by atoms with Crippen LogP contribution in [0.4, 0.5) is 5.69 Å². The van der Waals surface area contributed by atoms with Crippen molar-refractivity contribution in [1.29, 1.82) is 0 Å². The first-order valence-corrected chi connectivity index (χ1v) is 13.0. The SMILES string of the molecule is CC1(C)CCC(n2ncc3ccc(NC(=O)c4cc(CNC(=O)C5CC5)ccc4Cl)cc3c2=O)CC1. The van der Waals surface area contributed by atoms with E-state index in [-0.39, 0.29) is 29.3 Å². The van der Waals surface area contributed by atoms with Crippen molar-refractivity contribution in [3.05, 3.63) is 69.1 Å². The second kappa shape index (κ2) is 9.69. The molecule has 5 rings (SSSR count). The predicted molar refractivity (Wildman–Crippen MR) is 141 cm³/mol. The Labute approximate surface area is 215 Å². The number of nitrogens with one attached hydrogen (secondary N) is 2. The minimum Gasteiger partial charge on any atom is -0.352 e. The highest BCUT2D eigenvalue weighted by molar-refractivity contribution is 6.34. The van der Waals surface area contributed by atoms with E-state index in [1.807, 2.05) is 0 Å². The van der Waals surface area contributed by atoms with Crippen LogP contribution < -0.4 is 16.2 Å². The van der Waals surface area contributed by atoms with E-state index in [1.54, 1.807) is 47.3 Å². The van der Waals surface area contributed by atoms with Crippen molar-refractivity contribution in [3.8, 4) is 0 Å². The molecule has 36 heavy (non-hydrogen) atoms. The molecular weight excluding hydrogens is 476 g/mol. The maximum absolute atomic E-state index is 13.3. The molecule has 2 saturated carbocycles. The number of fused-ring (bicyclic) bond motifs is 1. The highest BCUT2D eigenvalue weighted by atomic mass is 35.5. The Bertz CT molecular complexity index is 1380. The summed E-state index contributed by atoms with van der Waals surface area (Å²) in [6.07, 6.45) is 7.57. The Morgan fingerprint density at radius 1 is 1.08 bits per heavy atom. The Balaban J connectivity index is 1.34. The van der Waals surface area contributed by atoms with E-state index in [9.17, 15) is 14.4 Å². The number of nitrogens with zero attached hydrogens (tertiary/aromatic N) is 2. The number of hydrogen-bond acceptors (Lipinski definition) is 4. The summed E-state index contributed by atoms with van der Waals surface area (Å²) in [5, 5.41) is 11.8. The molecule has 0 aliphatic heterocycles. The molecule has 0 saturated heterocycles. The van der Waals surface area contributed by atoms with Crippen LogP contribution in [0.3, 0.4) is 0 Å². The summed E-state index contributed by atoms with van der Waals surface area (Å²) in [5.74, 6) is -0.208. The zero-order valence-corrected chi connectivity index (χ0v) is 21.4. The fraction of sp³-hybridized carbons (Fsp3) is 0.429. The lowest BCUT2D eigenvalue weighted by Gasteiger charge is -2.34. The van der Waals surface area contributed by atoms with Crippen LogP contribution in [0.2, 0.25) is 5.02 Å². The van der Waals surface area contributed by atoms with Gasteiger partial charge in [-0.15, -0.1) is 0 Å². The van der Waals surface area contributed by atoms with Crippen molar-refractivity contribution >= 4 is 39.9 Å². The summed E-state index contributed by atoms with van der Waals surface area (Å²) in [4.78, 5) is 38.3. The summed E-state index contributed by atoms with van der Waals surface area (Å²) in [6, 6.07) is 10.5. The number of carbonyl (C=O) groups is 2. The van der Waals surface area contributed by atoms with Crippen LogP contribution in [-0.4, -0.2) is 21.6 Å². The first-order chi connectivity index (χ1) is 17.2. The van der Waals surface area contributed by atoms with Crippen molar-refractivity contribution in [2.24, 2.45) is 11.3 Å². The molecule has 1 heterocycles. The lowest BCUT2D eigenvalue weighted by atomic mass is 9.75. The molecule has 0 unspecified atom stereocenters. The molecule has 2 fully saturated rings. The molecule has 7 nitrogen and oxygen atoms in total. The van der Waals surface area contributed by atoms with E-state index >= 15 is 0 Å². The number of halogens is 1. The number of aromatic nitrogens is 2. The number of benzene rings is 2. The normalized spacial score (nSPS) is 17.6. The summed E-state index contributed by atoms with van der Waals surface area (Å²) in [5.41, 5.74) is 1.78. The smallest absolute Gasteiger partial charge is 0.274 e. The standard InChI is InChI=1S/C28H31ClN4O3/c1-28(2)11-9-21(10-12-28)33-27(36)22-14-20(7-6-19(22)16-31-33)32-26(35)23-13-17(3-8-24(23)29)15-30-25(34)18-4-5-18/h3,6-8,13-14,16,18,21H,4-5,9-12,15H2,1-2H3,(H,30,34)(H,32,35). The average molecular weight is 507 g/mol. The fourth-order valence-corrected chi connectivity index (χ4v) is 5.06. The molecule has 1 aromatic heterocycles. The third kappa shape index (κ3) is 5.31. The van der Waals surface area contributed by atoms with Gasteiger partial charge >= 0.3 is 0 Å². The van der Waals surface area contributed by atoms with Crippen molar-refractivity contribution in [2.45, 2.75) is 65.0 Å². The summed E-state index contributed by atoms with van der Waals surface area (Å²) < 4.78 is 1.61. The summed E-state index contributed by atoms with van der Waals surface area (Å²) in [7, 11) is 0. The molecule has 2 aromatic carbocycles. The van der Waals surface area contributed by atoms with Gasteiger partial charge in [-0.25, -0.2) is 4.68 Å². The third-order valence-electron chi connectivity index (χ3n) is 7.42. The van der Waals surface area contributed by atoms with Crippen molar-refractivity contribution in [3.63, 3.8) is 0 Å². The van der Waals surface area contributed by atoms with Gasteiger partial charge in [0.15, 0.2) is 0 Å². The second-order valence-electron chi connectivity index (χ2n) is 10.9. The highest BCUT2D eigenvalue weighted by Gasteiger charge is 2.30. The molecule has 0 spiro atoms. The van der Waals surface area contributed by atoms with Gasteiger partial charge in [-0.3, -0.25) is 14.4 Å². The maximum atomic E-state index is 13.3. The van der Waals surface area contributed by atoms with E-state index in [1.165, 1.54) is 0 Å². The topological polar surface area (TPSA) is 93.1 Å². The molecule has 2 amide bonds. The van der Waals surface area contributed by atoms with E-state index in [0.717, 1.165) is 49.5 Å². The monoisotopic (exact) mass is 506 g/mol. The number of carbonyl (C=O) groups excluding carboxylic acids is 2. The lowest BCUT2D eigenvalue weighted by Crippen LogP contribution is -2.32. The quantitative estimate of drug-likeness (QED) is 0.463. The zero-order valence-electron chi connectivity index (χ0n) is 20.6. The molecule has 0 radical (unpaired) electrons. The molecule has 0 atom stereocenters. The van der Waals surface area contributed by atoms with E-state index < -0.39 is 0 Å². The Morgan fingerprint density at radius 2 is 1.83 bits per heavy atom. The van der Waals surface area contributed by atoms with Crippen molar-refractivity contribution in [2.75, 3.05) is 5.32 Å². The Hall–Kier alpha value is -3.19. The van der Waals surface area contributed by atoms with Crippen LogP contribution in [0.1, 0.15) is 74.3 Å². The molecule has 8 heteroatoms. The van der Waals surface area contributed by atoms with Gasteiger partial charge in [0.05, 0.1) is 28.2 Å². The minimum atomic E-state index is -0.376. The molecular formula is C28H31ClN4O3. The number of amides is 2. The van der Waals surface area contributed by atoms with Crippen molar-refractivity contribution < 1.29 is 9.59 Å². The third-order valence-corrected chi connectivity index (χ3v) is 7.75. The maximum Gasteiger partial charge on any atom is 0.274 e. The molecule has 2 aliphatic rings. The van der Waals surface area contributed by atoms with Gasteiger partial charge in [0.1, 0.15) is 0 Å². The first kappa shape index (κ1) is 24.5. The van der Waals surface area contributed by atoms with Crippen LogP contribution >= 0.6 is 11.6 Å². The van der Waals surface area contributed by atoms with Crippen LogP contribution in [0.25, 0.3) is 10.8 Å². The van der Waals surface area contributed by atoms with Gasteiger partial charge in [-0.1, -0.05) is 37.6 Å². The predicted octanol–water partition coefficient (Wildman–Crippen LogP) is 5.47. The fourth-order valence-electron chi connectivity index (χ4n) is 4.85. The highest BCUT2D eigenvalue weighted by Crippen LogP contribution is 2.39. The number of anilines is 1. The summed E-state index contributed by atoms with van der Waals surface area (Å²) >= 11 is 6.32. The number of rotatable bonds is 6. The summed E-state index contributed by atoms with van der Waals surface area (Å²) in [6.45, 7) is 4.87. The van der Waals surface area contributed by atoms with Gasteiger partial charge in [0, 0.05) is 23.5 Å². The second-order valence-corrected chi connectivity index (χ2v) is 11.3. The zero-order chi connectivity index (χ0) is 25.4. The van der Waals surface area contributed by atoms with E-state index in [0.29, 0.717) is 33.6 Å². The van der Waals surface area contributed by atoms with Crippen LogP contribution in [-0.2, 0) is 11.3 Å². The minimum absolute atomic E-state index is 0.0456. The van der Waals surface area contributed by atoms with Gasteiger partial charge < -0.3 is 10.6 Å². The molecule has 0 bridgehead atoms. The Kier molecular flexibility index (Phi) is 6.60. The van der Waals surface area contributed by atoms with Crippen molar-refractivity contribution in [1.82, 2.24) is 15.1 Å². The van der Waals surface area contributed by atoms with Gasteiger partial charge in [0.2, 0.25) is 5.91 Å². The van der Waals surface area contributed by atoms with Crippen LogP contribution in [0.5, 0.6) is 0 Å². The van der Waals surface area contributed by atoms with Gasteiger partial charge in [-0.2, -0.15) is 5.10 Å².